The summed E-state index contributed by atoms with van der Waals surface area (Å²) in [7, 11) is 0. The number of hydrogen-bond acceptors (Lipinski definition) is 4. The van der Waals surface area contributed by atoms with Gasteiger partial charge in [0.15, 0.2) is 4.88 Å². The van der Waals surface area contributed by atoms with E-state index in [1.165, 1.54) is 6.08 Å². The molecule has 1 aromatic rings. The van der Waals surface area contributed by atoms with Crippen LogP contribution in [0.2, 0.25) is 0 Å². The van der Waals surface area contributed by atoms with Crippen LogP contribution in [-0.2, 0) is 4.74 Å². The molecule has 1 aromatic heterocycles. The van der Waals surface area contributed by atoms with Crippen LogP contribution in [0.3, 0.4) is 0 Å². The minimum atomic E-state index is -0.564. The summed E-state index contributed by atoms with van der Waals surface area (Å²) in [5.74, 6) is -1.12. The van der Waals surface area contributed by atoms with Crippen molar-refractivity contribution in [2.75, 3.05) is 6.61 Å². The van der Waals surface area contributed by atoms with E-state index in [1.807, 2.05) is 6.08 Å². The predicted molar refractivity (Wildman–Crippen MR) is 93.6 cm³/mol. The Morgan fingerprint density at radius 2 is 2.09 bits per heavy atom. The van der Waals surface area contributed by atoms with E-state index in [1.54, 1.807) is 13.8 Å². The van der Waals surface area contributed by atoms with Crippen molar-refractivity contribution >= 4 is 22.9 Å². The molecule has 0 bridgehead atoms. The number of halogens is 1. The van der Waals surface area contributed by atoms with Gasteiger partial charge in [-0.25, -0.2) is 9.18 Å². The van der Waals surface area contributed by atoms with Crippen molar-refractivity contribution in [2.45, 2.75) is 40.0 Å². The summed E-state index contributed by atoms with van der Waals surface area (Å²) in [5, 5.41) is 10.2. The minimum absolute atomic E-state index is 0.0998. The first-order valence-corrected chi connectivity index (χ1v) is 8.47. The monoisotopic (exact) mass is 338 g/mol. The third kappa shape index (κ3) is 5.06. The second-order valence-corrected chi connectivity index (χ2v) is 6.01. The summed E-state index contributed by atoms with van der Waals surface area (Å²) in [6.07, 6.45) is 7.21. The maximum absolute atomic E-state index is 13.6. The van der Waals surface area contributed by atoms with Gasteiger partial charge in [-0.3, -0.25) is 0 Å². The SMILES string of the molecule is C=C/C(F)=C\C(=C/CCCC)c1sc(C(=O)OCC)c(O)c1C. The highest BCUT2D eigenvalue weighted by Crippen LogP contribution is 2.39. The molecular formula is C18H23FO3S. The summed E-state index contributed by atoms with van der Waals surface area (Å²) in [6, 6.07) is 0. The molecule has 0 saturated carbocycles. The van der Waals surface area contributed by atoms with Crippen LogP contribution in [0.15, 0.2) is 30.6 Å². The van der Waals surface area contributed by atoms with Crippen LogP contribution in [0, 0.1) is 6.92 Å². The molecule has 0 aliphatic rings. The standard InChI is InChI=1S/C18H23FO3S/c1-5-8-9-10-13(11-14(19)6-2)16-12(4)15(20)17(23-16)18(21)22-7-3/h6,10-11,20H,2,5,7-9H2,1,3-4H3/b13-10+,14-11+. The summed E-state index contributed by atoms with van der Waals surface area (Å²) in [6.45, 7) is 9.13. The lowest BCUT2D eigenvalue weighted by molar-refractivity contribution is 0.0529. The van der Waals surface area contributed by atoms with Crippen molar-refractivity contribution in [1.29, 1.82) is 0 Å². The molecule has 5 heteroatoms. The number of rotatable bonds is 8. The van der Waals surface area contributed by atoms with Gasteiger partial charge in [-0.05, 0) is 38.0 Å². The smallest absolute Gasteiger partial charge is 0.352 e. The molecule has 0 fully saturated rings. The van der Waals surface area contributed by atoms with E-state index in [2.05, 4.69) is 13.5 Å². The predicted octanol–water partition coefficient (Wildman–Crippen LogP) is 5.55. The van der Waals surface area contributed by atoms with E-state index < -0.39 is 11.8 Å². The lowest BCUT2D eigenvalue weighted by atomic mass is 10.1. The van der Waals surface area contributed by atoms with Crippen LogP contribution in [0.4, 0.5) is 4.39 Å². The largest absolute Gasteiger partial charge is 0.506 e. The second kappa shape index (κ2) is 9.30. The van der Waals surface area contributed by atoms with E-state index in [-0.39, 0.29) is 17.2 Å². The van der Waals surface area contributed by atoms with Crippen molar-refractivity contribution in [3.05, 3.63) is 46.0 Å². The normalized spacial score (nSPS) is 12.3. The summed E-state index contributed by atoms with van der Waals surface area (Å²) >= 11 is 1.11. The number of carbonyl (C=O) groups excluding carboxylic acids is 1. The molecule has 0 aliphatic carbocycles. The van der Waals surface area contributed by atoms with Gasteiger partial charge < -0.3 is 9.84 Å². The van der Waals surface area contributed by atoms with Gasteiger partial charge >= 0.3 is 5.97 Å². The molecule has 0 saturated heterocycles. The third-order valence-electron chi connectivity index (χ3n) is 3.25. The molecule has 0 unspecified atom stereocenters. The van der Waals surface area contributed by atoms with Gasteiger partial charge in [0.25, 0.3) is 0 Å². The maximum atomic E-state index is 13.6. The average Bonchev–Trinajstić information content (AvgIpc) is 2.82. The van der Waals surface area contributed by atoms with Gasteiger partial charge in [0.2, 0.25) is 0 Å². The highest BCUT2D eigenvalue weighted by molar-refractivity contribution is 7.15. The number of allylic oxidation sites excluding steroid dienone is 5. The molecule has 0 atom stereocenters. The Morgan fingerprint density at radius 3 is 2.65 bits per heavy atom. The van der Waals surface area contributed by atoms with Crippen molar-refractivity contribution in [2.24, 2.45) is 0 Å². The molecule has 1 heterocycles. The van der Waals surface area contributed by atoms with Crippen LogP contribution in [-0.4, -0.2) is 17.7 Å². The number of aromatic hydroxyl groups is 1. The molecule has 0 radical (unpaired) electrons. The molecular weight excluding hydrogens is 315 g/mol. The van der Waals surface area contributed by atoms with Gasteiger partial charge in [0.05, 0.1) is 6.61 Å². The Hall–Kier alpha value is -1.88. The maximum Gasteiger partial charge on any atom is 0.352 e. The van der Waals surface area contributed by atoms with Gasteiger partial charge in [0.1, 0.15) is 11.6 Å². The average molecular weight is 338 g/mol. The zero-order valence-electron chi connectivity index (χ0n) is 13.8. The van der Waals surface area contributed by atoms with E-state index >= 15 is 0 Å². The Balaban J connectivity index is 3.31. The van der Waals surface area contributed by atoms with Crippen LogP contribution in [0.5, 0.6) is 5.75 Å². The molecule has 0 aromatic carbocycles. The number of carbonyl (C=O) groups is 1. The summed E-state index contributed by atoms with van der Waals surface area (Å²) < 4.78 is 18.6. The first-order valence-electron chi connectivity index (χ1n) is 7.65. The van der Waals surface area contributed by atoms with E-state index in [0.717, 1.165) is 36.7 Å². The van der Waals surface area contributed by atoms with Crippen molar-refractivity contribution in [3.8, 4) is 5.75 Å². The zero-order valence-corrected chi connectivity index (χ0v) is 14.6. The zero-order chi connectivity index (χ0) is 17.4. The quantitative estimate of drug-likeness (QED) is 0.384. The van der Waals surface area contributed by atoms with E-state index in [0.29, 0.717) is 16.0 Å². The molecule has 126 valence electrons. The molecule has 1 rings (SSSR count). The third-order valence-corrected chi connectivity index (χ3v) is 4.56. The summed E-state index contributed by atoms with van der Waals surface area (Å²) in [4.78, 5) is 12.7. The van der Waals surface area contributed by atoms with Crippen LogP contribution < -0.4 is 0 Å². The van der Waals surface area contributed by atoms with Crippen molar-refractivity contribution < 1.29 is 19.0 Å². The Kier molecular flexibility index (Phi) is 7.75. The molecule has 1 N–H and O–H groups in total. The molecule has 0 amide bonds. The highest BCUT2D eigenvalue weighted by Gasteiger charge is 2.22. The summed E-state index contributed by atoms with van der Waals surface area (Å²) in [5.41, 5.74) is 1.19. The van der Waals surface area contributed by atoms with Crippen LogP contribution >= 0.6 is 11.3 Å². The second-order valence-electron chi connectivity index (χ2n) is 4.99. The fraction of sp³-hybridized carbons (Fsp3) is 0.389. The lowest BCUT2D eigenvalue weighted by Crippen LogP contribution is -2.02. The Labute approximate surface area is 140 Å². The van der Waals surface area contributed by atoms with Gasteiger partial charge in [-0.2, -0.15) is 0 Å². The molecule has 23 heavy (non-hydrogen) atoms. The Morgan fingerprint density at radius 1 is 1.39 bits per heavy atom. The van der Waals surface area contributed by atoms with E-state index in [4.69, 9.17) is 4.74 Å². The van der Waals surface area contributed by atoms with Gasteiger partial charge in [0, 0.05) is 10.4 Å². The number of hydrogen-bond donors (Lipinski definition) is 1. The number of thiophene rings is 1. The molecule has 3 nitrogen and oxygen atoms in total. The minimum Gasteiger partial charge on any atom is -0.506 e. The van der Waals surface area contributed by atoms with Crippen molar-refractivity contribution in [3.63, 3.8) is 0 Å². The first-order chi connectivity index (χ1) is 11.0. The van der Waals surface area contributed by atoms with Crippen molar-refractivity contribution in [1.82, 2.24) is 0 Å². The van der Waals surface area contributed by atoms with Crippen LogP contribution in [0.25, 0.3) is 5.57 Å². The van der Waals surface area contributed by atoms with Gasteiger partial charge in [-0.1, -0.05) is 32.4 Å². The fourth-order valence-electron chi connectivity index (χ4n) is 2.00. The van der Waals surface area contributed by atoms with Gasteiger partial charge in [-0.15, -0.1) is 11.3 Å². The number of unbranched alkanes of at least 4 members (excludes halogenated alkanes) is 2. The van der Waals surface area contributed by atoms with E-state index in [9.17, 15) is 14.3 Å². The topological polar surface area (TPSA) is 46.5 Å². The van der Waals surface area contributed by atoms with Crippen LogP contribution in [0.1, 0.15) is 53.2 Å². The number of ether oxygens (including phenoxy) is 1. The molecule has 0 spiro atoms. The fourth-order valence-corrected chi connectivity index (χ4v) is 3.11. The Bertz CT molecular complexity index is 626. The lowest BCUT2D eigenvalue weighted by Gasteiger charge is -2.02. The number of esters is 1. The molecule has 0 aliphatic heterocycles. The first kappa shape index (κ1) is 19.2. The highest BCUT2D eigenvalue weighted by atomic mass is 32.1.